The molecule has 32 heavy (non-hydrogen) atoms. The van der Waals surface area contributed by atoms with Crippen molar-refractivity contribution < 1.29 is 23.7 Å². The van der Waals surface area contributed by atoms with Gasteiger partial charge in [0.15, 0.2) is 0 Å². The molecular weight excluding hydrogens is 408 g/mol. The molecule has 0 bridgehead atoms. The topological polar surface area (TPSA) is 69.3 Å². The van der Waals surface area contributed by atoms with Crippen LogP contribution in [0.15, 0.2) is 24.3 Å². The number of nitrogens with one attached hydrogen (secondary N) is 1. The predicted molar refractivity (Wildman–Crippen MR) is 128 cm³/mol. The number of piperidine rings is 1. The number of carbonyl (C=O) groups excluding carboxylic acids is 1. The molecule has 0 saturated carbocycles. The lowest BCUT2D eigenvalue weighted by molar-refractivity contribution is -0.0130. The Bertz CT molecular complexity index is 622. The van der Waals surface area contributed by atoms with Crippen LogP contribution in [0.4, 0.5) is 10.5 Å². The van der Waals surface area contributed by atoms with Crippen LogP contribution < -0.4 is 10.1 Å². The molecule has 1 heterocycles. The van der Waals surface area contributed by atoms with Crippen molar-refractivity contribution in [3.63, 3.8) is 0 Å². The average molecular weight is 451 g/mol. The number of carbonyl (C=O) groups is 1. The number of ether oxygens (including phenoxy) is 4. The van der Waals surface area contributed by atoms with Crippen LogP contribution in [0.25, 0.3) is 0 Å². The molecule has 1 unspecified atom stereocenters. The largest absolute Gasteiger partial charge is 0.491 e. The van der Waals surface area contributed by atoms with Crippen molar-refractivity contribution in [1.82, 2.24) is 4.90 Å². The van der Waals surface area contributed by atoms with E-state index < -0.39 is 6.09 Å². The molecule has 1 saturated heterocycles. The van der Waals surface area contributed by atoms with Gasteiger partial charge in [-0.3, -0.25) is 10.2 Å². The van der Waals surface area contributed by atoms with Gasteiger partial charge >= 0.3 is 6.09 Å². The van der Waals surface area contributed by atoms with E-state index in [1.54, 1.807) is 0 Å². The highest BCUT2D eigenvalue weighted by Crippen LogP contribution is 2.24. The Kier molecular flexibility index (Phi) is 13.8. The van der Waals surface area contributed by atoms with Gasteiger partial charge in [-0.1, -0.05) is 44.7 Å². The first-order valence-electron chi connectivity index (χ1n) is 12.3. The van der Waals surface area contributed by atoms with Crippen molar-refractivity contribution in [2.75, 3.05) is 58.0 Å². The summed E-state index contributed by atoms with van der Waals surface area (Å²) in [5, 5.41) is 2.86. The van der Waals surface area contributed by atoms with Crippen LogP contribution in [-0.4, -0.2) is 69.8 Å². The van der Waals surface area contributed by atoms with E-state index in [0.717, 1.165) is 25.9 Å². The van der Waals surface area contributed by atoms with E-state index in [2.05, 4.69) is 17.1 Å². The number of nitrogens with zero attached hydrogens (tertiary/aromatic N) is 1. The highest BCUT2D eigenvalue weighted by molar-refractivity contribution is 5.86. The third kappa shape index (κ3) is 11.2. The number of unbranched alkanes of at least 4 members (excludes halogenated alkanes) is 3. The first-order chi connectivity index (χ1) is 15.7. The first-order valence-corrected chi connectivity index (χ1v) is 12.3. The predicted octanol–water partition coefficient (Wildman–Crippen LogP) is 5.10. The quantitative estimate of drug-likeness (QED) is 0.353. The minimum atomic E-state index is -0.484. The smallest absolute Gasteiger partial charge is 0.412 e. The number of hydrogen-bond acceptors (Lipinski definition) is 6. The maximum absolute atomic E-state index is 12.7. The maximum Gasteiger partial charge on any atom is 0.412 e. The fourth-order valence-electron chi connectivity index (χ4n) is 3.73. The molecule has 1 aliphatic rings. The summed E-state index contributed by atoms with van der Waals surface area (Å²) in [7, 11) is 0. The molecule has 1 aromatic rings. The van der Waals surface area contributed by atoms with Gasteiger partial charge < -0.3 is 18.9 Å². The summed E-state index contributed by atoms with van der Waals surface area (Å²) in [4.78, 5) is 15.0. The summed E-state index contributed by atoms with van der Waals surface area (Å²) in [6, 6.07) is 7.49. The Morgan fingerprint density at radius 1 is 1.00 bits per heavy atom. The van der Waals surface area contributed by atoms with Crippen LogP contribution in [-0.2, 0) is 14.2 Å². The van der Waals surface area contributed by atoms with Gasteiger partial charge in [-0.05, 0) is 51.4 Å². The Morgan fingerprint density at radius 3 is 2.56 bits per heavy atom. The fourth-order valence-corrected chi connectivity index (χ4v) is 3.73. The average Bonchev–Trinajstić information content (AvgIpc) is 2.80. The van der Waals surface area contributed by atoms with Gasteiger partial charge in [0, 0.05) is 13.2 Å². The minimum Gasteiger partial charge on any atom is -0.491 e. The molecule has 0 radical (unpaired) electrons. The molecule has 1 amide bonds. The Labute approximate surface area is 193 Å². The molecule has 0 aromatic heterocycles. The van der Waals surface area contributed by atoms with Crippen molar-refractivity contribution >= 4 is 11.8 Å². The Balaban J connectivity index is 1.86. The second kappa shape index (κ2) is 16.8. The number of benzene rings is 1. The lowest BCUT2D eigenvalue weighted by Crippen LogP contribution is -2.41. The summed E-state index contributed by atoms with van der Waals surface area (Å²) in [5.41, 5.74) is 0.627. The van der Waals surface area contributed by atoms with Crippen LogP contribution in [0.3, 0.4) is 0 Å². The molecule has 1 aliphatic heterocycles. The summed E-state index contributed by atoms with van der Waals surface area (Å²) in [5.74, 6) is 0.668. The zero-order chi connectivity index (χ0) is 22.9. The van der Waals surface area contributed by atoms with Crippen molar-refractivity contribution in [3.8, 4) is 5.75 Å². The Morgan fingerprint density at radius 2 is 1.78 bits per heavy atom. The van der Waals surface area contributed by atoms with E-state index in [4.69, 9.17) is 18.9 Å². The van der Waals surface area contributed by atoms with Crippen molar-refractivity contribution in [2.24, 2.45) is 0 Å². The van der Waals surface area contributed by atoms with Crippen molar-refractivity contribution in [3.05, 3.63) is 24.3 Å². The fraction of sp³-hybridized carbons (Fsp3) is 0.720. The standard InChI is InChI=1S/C25H42N2O5/c1-3-5-6-12-17-31-24-14-9-8-13-23(24)26-25(28)32-22(21-30-19-18-29-4-2)20-27-15-10-7-11-16-27/h8-9,13-14,22H,3-7,10-12,15-21H2,1-2H3,(H,26,28). The van der Waals surface area contributed by atoms with E-state index in [-0.39, 0.29) is 6.10 Å². The summed E-state index contributed by atoms with van der Waals surface area (Å²) in [6.45, 7) is 9.59. The zero-order valence-electron chi connectivity index (χ0n) is 20.0. The van der Waals surface area contributed by atoms with Gasteiger partial charge in [0.25, 0.3) is 0 Å². The second-order valence-electron chi connectivity index (χ2n) is 8.19. The number of anilines is 1. The van der Waals surface area contributed by atoms with E-state index >= 15 is 0 Å². The van der Waals surface area contributed by atoms with Crippen LogP contribution in [0, 0.1) is 0 Å². The summed E-state index contributed by atoms with van der Waals surface area (Å²) in [6.07, 6.45) is 7.37. The second-order valence-corrected chi connectivity index (χ2v) is 8.19. The number of rotatable bonds is 16. The monoisotopic (exact) mass is 450 g/mol. The molecule has 1 fully saturated rings. The van der Waals surface area contributed by atoms with Gasteiger partial charge in [-0.2, -0.15) is 0 Å². The zero-order valence-corrected chi connectivity index (χ0v) is 20.0. The Hall–Kier alpha value is -1.83. The normalized spacial score (nSPS) is 15.3. The molecule has 1 atom stereocenters. The van der Waals surface area contributed by atoms with Crippen LogP contribution >= 0.6 is 0 Å². The van der Waals surface area contributed by atoms with Gasteiger partial charge in [0.2, 0.25) is 0 Å². The van der Waals surface area contributed by atoms with Gasteiger partial charge in [0.05, 0.1) is 32.1 Å². The van der Waals surface area contributed by atoms with E-state index in [1.165, 1.54) is 32.1 Å². The highest BCUT2D eigenvalue weighted by atomic mass is 16.6. The van der Waals surface area contributed by atoms with Gasteiger partial charge in [0.1, 0.15) is 11.9 Å². The van der Waals surface area contributed by atoms with E-state index in [0.29, 0.717) is 51.0 Å². The van der Waals surface area contributed by atoms with Crippen molar-refractivity contribution in [1.29, 1.82) is 0 Å². The summed E-state index contributed by atoms with van der Waals surface area (Å²) >= 11 is 0. The first kappa shape index (κ1) is 26.4. The van der Waals surface area contributed by atoms with Gasteiger partial charge in [-0.15, -0.1) is 0 Å². The number of likely N-dealkylation sites (tertiary alicyclic amines) is 1. The molecule has 1 N–H and O–H groups in total. The maximum atomic E-state index is 12.7. The van der Waals surface area contributed by atoms with Crippen LogP contribution in [0.1, 0.15) is 58.8 Å². The SMILES string of the molecule is CCCCCCOc1ccccc1NC(=O)OC(COCCOCC)CN1CCCCC1. The number of hydrogen-bond donors (Lipinski definition) is 1. The molecule has 2 rings (SSSR count). The number of para-hydroxylation sites is 2. The molecule has 182 valence electrons. The third-order valence-electron chi connectivity index (χ3n) is 5.44. The molecule has 7 nitrogen and oxygen atoms in total. The molecule has 0 aliphatic carbocycles. The van der Waals surface area contributed by atoms with Gasteiger partial charge in [-0.25, -0.2) is 4.79 Å². The summed E-state index contributed by atoms with van der Waals surface area (Å²) < 4.78 is 22.7. The van der Waals surface area contributed by atoms with Crippen LogP contribution in [0.5, 0.6) is 5.75 Å². The van der Waals surface area contributed by atoms with E-state index in [1.807, 2.05) is 31.2 Å². The molecule has 7 heteroatoms. The molecule has 0 spiro atoms. The lowest BCUT2D eigenvalue weighted by atomic mass is 10.1. The van der Waals surface area contributed by atoms with Crippen LogP contribution in [0.2, 0.25) is 0 Å². The third-order valence-corrected chi connectivity index (χ3v) is 5.44. The lowest BCUT2D eigenvalue weighted by Gasteiger charge is -2.30. The minimum absolute atomic E-state index is 0.336. The number of amides is 1. The molecule has 1 aromatic carbocycles. The van der Waals surface area contributed by atoms with E-state index in [9.17, 15) is 4.79 Å². The molecular formula is C25H42N2O5. The van der Waals surface area contributed by atoms with Crippen molar-refractivity contribution in [2.45, 2.75) is 64.9 Å². The highest BCUT2D eigenvalue weighted by Gasteiger charge is 2.21.